The first-order chi connectivity index (χ1) is 12.3. The van der Waals surface area contributed by atoms with Gasteiger partial charge in [0.1, 0.15) is 11.2 Å². The molecule has 0 unspecified atom stereocenters. The molecule has 0 saturated carbocycles. The summed E-state index contributed by atoms with van der Waals surface area (Å²) in [6.45, 7) is 1.13. The highest BCUT2D eigenvalue weighted by atomic mass is 35.5. The number of amides is 1. The van der Waals surface area contributed by atoms with Crippen molar-refractivity contribution in [2.45, 2.75) is 30.1 Å². The first-order valence-electron chi connectivity index (χ1n) is 8.37. The second kappa shape index (κ2) is 7.72. The molecule has 6 nitrogen and oxygen atoms in total. The van der Waals surface area contributed by atoms with E-state index >= 15 is 0 Å². The molecule has 3 rings (SSSR count). The summed E-state index contributed by atoms with van der Waals surface area (Å²) in [4.78, 5) is 22.6. The van der Waals surface area contributed by atoms with E-state index in [4.69, 9.17) is 11.6 Å². The summed E-state index contributed by atoms with van der Waals surface area (Å²) in [7, 11) is -3.41. The molecule has 8 heteroatoms. The van der Waals surface area contributed by atoms with Crippen LogP contribution in [0.2, 0.25) is 5.02 Å². The van der Waals surface area contributed by atoms with Gasteiger partial charge in [0, 0.05) is 36.5 Å². The van der Waals surface area contributed by atoms with Crippen molar-refractivity contribution >= 4 is 27.3 Å². The van der Waals surface area contributed by atoms with Gasteiger partial charge in [-0.15, -0.1) is 0 Å². The molecule has 0 aliphatic carbocycles. The Hall–Kier alpha value is -1.99. The van der Waals surface area contributed by atoms with E-state index in [-0.39, 0.29) is 16.7 Å². The molecule has 1 aromatic heterocycles. The van der Waals surface area contributed by atoms with E-state index in [0.717, 1.165) is 24.7 Å². The van der Waals surface area contributed by atoms with Gasteiger partial charge in [0.25, 0.3) is 0 Å². The van der Waals surface area contributed by atoms with Crippen LogP contribution in [0.4, 0.5) is 0 Å². The number of carbonyl (C=O) groups excluding carboxylic acids is 1. The van der Waals surface area contributed by atoms with Crippen LogP contribution in [0.15, 0.2) is 41.7 Å². The number of hydrogen-bond acceptors (Lipinski definition) is 5. The van der Waals surface area contributed by atoms with Crippen molar-refractivity contribution in [3.8, 4) is 0 Å². The second-order valence-electron chi connectivity index (χ2n) is 6.53. The minimum Gasteiger partial charge on any atom is -0.342 e. The molecule has 0 bridgehead atoms. The van der Waals surface area contributed by atoms with Crippen molar-refractivity contribution in [2.24, 2.45) is 0 Å². The third-order valence-corrected chi connectivity index (χ3v) is 5.90. The van der Waals surface area contributed by atoms with Gasteiger partial charge in [0.05, 0.1) is 12.1 Å². The number of sulfone groups is 1. The molecule has 138 valence electrons. The van der Waals surface area contributed by atoms with Gasteiger partial charge in [-0.3, -0.25) is 4.79 Å². The molecule has 2 aromatic rings. The third-order valence-electron chi connectivity index (χ3n) is 4.54. The molecule has 0 N–H and O–H groups in total. The van der Waals surface area contributed by atoms with Crippen molar-refractivity contribution in [3.63, 3.8) is 0 Å². The first kappa shape index (κ1) is 18.8. The Bertz CT molecular complexity index is 900. The van der Waals surface area contributed by atoms with Crippen LogP contribution in [0.1, 0.15) is 30.0 Å². The summed E-state index contributed by atoms with van der Waals surface area (Å²) in [5.74, 6) is -0.0855. The Balaban J connectivity index is 1.76. The summed E-state index contributed by atoms with van der Waals surface area (Å²) >= 11 is 5.88. The van der Waals surface area contributed by atoms with E-state index < -0.39 is 9.84 Å². The van der Waals surface area contributed by atoms with Gasteiger partial charge < -0.3 is 4.90 Å². The molecule has 1 aliphatic rings. The second-order valence-corrected chi connectivity index (χ2v) is 8.95. The van der Waals surface area contributed by atoms with Crippen LogP contribution in [0.25, 0.3) is 0 Å². The van der Waals surface area contributed by atoms with E-state index in [1.165, 1.54) is 12.5 Å². The highest BCUT2D eigenvalue weighted by molar-refractivity contribution is 7.90. The lowest BCUT2D eigenvalue weighted by Gasteiger charge is -2.33. The van der Waals surface area contributed by atoms with Gasteiger partial charge in [0.15, 0.2) is 9.84 Å². The van der Waals surface area contributed by atoms with Crippen LogP contribution in [-0.2, 0) is 21.1 Å². The van der Waals surface area contributed by atoms with Gasteiger partial charge in [0.2, 0.25) is 5.91 Å². The summed E-state index contributed by atoms with van der Waals surface area (Å²) in [5, 5.41) is 0.635. The molecule has 0 radical (unpaired) electrons. The van der Waals surface area contributed by atoms with Crippen LogP contribution in [-0.4, -0.2) is 48.5 Å². The molecule has 2 heterocycles. The van der Waals surface area contributed by atoms with Crippen LogP contribution in [0.3, 0.4) is 0 Å². The summed E-state index contributed by atoms with van der Waals surface area (Å²) in [5.41, 5.74) is 1.41. The number of nitrogens with zero attached hydrogens (tertiary/aromatic N) is 3. The summed E-state index contributed by atoms with van der Waals surface area (Å²) < 4.78 is 24.0. The Morgan fingerprint density at radius 1 is 1.31 bits per heavy atom. The van der Waals surface area contributed by atoms with Crippen LogP contribution >= 0.6 is 11.6 Å². The van der Waals surface area contributed by atoms with E-state index in [1.54, 1.807) is 17.0 Å². The standard InChI is InChI=1S/C18H20ClN3O3S/c1-26(24,25)16-10-20-12-21-18(16)14-3-2-8-22(11-14)17(23)9-13-4-6-15(19)7-5-13/h4-7,10,12,14H,2-3,8-9,11H2,1H3/t14-/m1/s1. The molecule has 1 aliphatic heterocycles. The summed E-state index contributed by atoms with van der Waals surface area (Å²) in [6, 6.07) is 7.21. The monoisotopic (exact) mass is 393 g/mol. The fourth-order valence-corrected chi connectivity index (χ4v) is 4.21. The maximum absolute atomic E-state index is 12.7. The van der Waals surface area contributed by atoms with E-state index in [1.807, 2.05) is 12.1 Å². The molecule has 0 spiro atoms. The number of rotatable bonds is 4. The fraction of sp³-hybridized carbons (Fsp3) is 0.389. The molecular weight excluding hydrogens is 374 g/mol. The largest absolute Gasteiger partial charge is 0.342 e. The van der Waals surface area contributed by atoms with Crippen molar-refractivity contribution < 1.29 is 13.2 Å². The average molecular weight is 394 g/mol. The summed E-state index contributed by atoms with van der Waals surface area (Å²) in [6.07, 6.45) is 5.76. The maximum atomic E-state index is 12.7. The van der Waals surface area contributed by atoms with E-state index in [2.05, 4.69) is 9.97 Å². The number of benzene rings is 1. The van der Waals surface area contributed by atoms with Crippen LogP contribution in [0, 0.1) is 0 Å². The highest BCUT2D eigenvalue weighted by Crippen LogP contribution is 2.29. The van der Waals surface area contributed by atoms with E-state index in [0.29, 0.717) is 30.2 Å². The normalized spacial score (nSPS) is 17.9. The van der Waals surface area contributed by atoms with Gasteiger partial charge >= 0.3 is 0 Å². The van der Waals surface area contributed by atoms with E-state index in [9.17, 15) is 13.2 Å². The lowest BCUT2D eigenvalue weighted by molar-refractivity contribution is -0.131. The Morgan fingerprint density at radius 2 is 2.04 bits per heavy atom. The lowest BCUT2D eigenvalue weighted by Crippen LogP contribution is -2.40. The zero-order chi connectivity index (χ0) is 18.7. The molecule has 1 atom stereocenters. The number of halogens is 1. The Morgan fingerprint density at radius 3 is 2.73 bits per heavy atom. The van der Waals surface area contributed by atoms with Crippen molar-refractivity contribution in [3.05, 3.63) is 53.1 Å². The smallest absolute Gasteiger partial charge is 0.227 e. The van der Waals surface area contributed by atoms with Crippen LogP contribution < -0.4 is 0 Å². The van der Waals surface area contributed by atoms with Gasteiger partial charge in [-0.05, 0) is 30.5 Å². The number of hydrogen-bond donors (Lipinski definition) is 0. The molecular formula is C18H20ClN3O3S. The minimum absolute atomic E-state index is 0.0204. The van der Waals surface area contributed by atoms with Crippen molar-refractivity contribution in [1.82, 2.24) is 14.9 Å². The lowest BCUT2D eigenvalue weighted by atomic mass is 9.94. The van der Waals surface area contributed by atoms with Gasteiger partial charge in [-0.1, -0.05) is 23.7 Å². The number of aromatic nitrogens is 2. The zero-order valence-electron chi connectivity index (χ0n) is 14.4. The average Bonchev–Trinajstić information content (AvgIpc) is 2.63. The van der Waals surface area contributed by atoms with Crippen molar-refractivity contribution in [1.29, 1.82) is 0 Å². The molecule has 1 aromatic carbocycles. The van der Waals surface area contributed by atoms with Gasteiger partial charge in [-0.25, -0.2) is 18.4 Å². The Labute approximate surface area is 158 Å². The quantitative estimate of drug-likeness (QED) is 0.797. The molecule has 1 amide bonds. The number of piperidine rings is 1. The Kier molecular flexibility index (Phi) is 5.58. The molecule has 26 heavy (non-hydrogen) atoms. The SMILES string of the molecule is CS(=O)(=O)c1cncnc1[C@@H]1CCCN(C(=O)Cc2ccc(Cl)cc2)C1. The maximum Gasteiger partial charge on any atom is 0.227 e. The first-order valence-corrected chi connectivity index (χ1v) is 10.6. The topological polar surface area (TPSA) is 80.2 Å². The number of carbonyl (C=O) groups is 1. The minimum atomic E-state index is -3.41. The van der Waals surface area contributed by atoms with Gasteiger partial charge in [-0.2, -0.15) is 0 Å². The predicted molar refractivity (Wildman–Crippen MR) is 98.9 cm³/mol. The van der Waals surface area contributed by atoms with Crippen LogP contribution in [0.5, 0.6) is 0 Å². The fourth-order valence-electron chi connectivity index (χ4n) is 3.23. The highest BCUT2D eigenvalue weighted by Gasteiger charge is 2.29. The zero-order valence-corrected chi connectivity index (χ0v) is 16.0. The third kappa shape index (κ3) is 4.40. The number of likely N-dealkylation sites (tertiary alicyclic amines) is 1. The van der Waals surface area contributed by atoms with Crippen molar-refractivity contribution in [2.75, 3.05) is 19.3 Å². The predicted octanol–water partition coefficient (Wildman–Crippen LogP) is 2.48. The molecule has 1 saturated heterocycles. The molecule has 1 fully saturated rings.